The highest BCUT2D eigenvalue weighted by atomic mass is 16.5. The lowest BCUT2D eigenvalue weighted by molar-refractivity contribution is 0.0728. The van der Waals surface area contributed by atoms with Crippen molar-refractivity contribution in [3.05, 3.63) is 57.9 Å². The van der Waals surface area contributed by atoms with Crippen LogP contribution in [0.4, 0.5) is 0 Å². The van der Waals surface area contributed by atoms with Gasteiger partial charge in [-0.05, 0) is 31.9 Å². The Morgan fingerprint density at radius 2 is 1.62 bits per heavy atom. The summed E-state index contributed by atoms with van der Waals surface area (Å²) in [6.07, 6.45) is 0. The van der Waals surface area contributed by atoms with Crippen molar-refractivity contribution < 1.29 is 4.74 Å². The Bertz CT molecular complexity index is 763. The van der Waals surface area contributed by atoms with Crippen molar-refractivity contribution in [2.45, 2.75) is 26.4 Å². The zero-order chi connectivity index (χ0) is 15.6. The summed E-state index contributed by atoms with van der Waals surface area (Å²) >= 11 is 0. The van der Waals surface area contributed by atoms with E-state index in [9.17, 15) is 5.26 Å². The second-order valence-corrected chi connectivity index (χ2v) is 5.04. The zero-order valence-electron chi connectivity index (χ0n) is 12.1. The van der Waals surface area contributed by atoms with Gasteiger partial charge in [0.05, 0.1) is 5.57 Å². The van der Waals surface area contributed by atoms with Gasteiger partial charge in [-0.2, -0.15) is 15.8 Å². The molecule has 0 aliphatic carbocycles. The third-order valence-corrected chi connectivity index (χ3v) is 3.79. The fourth-order valence-corrected chi connectivity index (χ4v) is 2.32. The van der Waals surface area contributed by atoms with E-state index in [1.807, 2.05) is 44.2 Å². The Morgan fingerprint density at radius 1 is 1.05 bits per heavy atom. The van der Waals surface area contributed by atoms with E-state index in [-0.39, 0.29) is 16.9 Å². The van der Waals surface area contributed by atoms with Crippen LogP contribution < -0.4 is 0 Å². The largest absolute Gasteiger partial charge is 0.475 e. The van der Waals surface area contributed by atoms with Crippen LogP contribution in [0.15, 0.2) is 46.7 Å². The predicted octanol–water partition coefficient (Wildman–Crippen LogP) is 3.38. The van der Waals surface area contributed by atoms with Crippen LogP contribution in [0.3, 0.4) is 0 Å². The van der Waals surface area contributed by atoms with E-state index in [2.05, 4.69) is 0 Å². The molecule has 1 atom stereocenters. The number of ether oxygens (including phenoxy) is 1. The lowest BCUT2D eigenvalue weighted by Gasteiger charge is -2.27. The van der Waals surface area contributed by atoms with Gasteiger partial charge in [-0.1, -0.05) is 29.8 Å². The predicted molar refractivity (Wildman–Crippen MR) is 76.2 cm³/mol. The van der Waals surface area contributed by atoms with Gasteiger partial charge in [-0.3, -0.25) is 0 Å². The van der Waals surface area contributed by atoms with Gasteiger partial charge in [-0.15, -0.1) is 0 Å². The van der Waals surface area contributed by atoms with Gasteiger partial charge in [0.15, 0.2) is 16.9 Å². The third kappa shape index (κ3) is 2.16. The van der Waals surface area contributed by atoms with Crippen molar-refractivity contribution in [3.63, 3.8) is 0 Å². The molecule has 1 heterocycles. The van der Waals surface area contributed by atoms with Gasteiger partial charge >= 0.3 is 0 Å². The van der Waals surface area contributed by atoms with Crippen molar-refractivity contribution in [2.24, 2.45) is 0 Å². The number of nitrogens with zero attached hydrogens (tertiary/aromatic N) is 3. The highest BCUT2D eigenvalue weighted by Gasteiger charge is 2.42. The summed E-state index contributed by atoms with van der Waals surface area (Å²) < 4.78 is 5.87. The standard InChI is InChI=1S/C17H13N3O/c1-11-4-6-14(7-5-11)17(3)12(2)15(10-20)16(21-17)13(8-18)9-19/h4-7H,1-3H3. The summed E-state index contributed by atoms with van der Waals surface area (Å²) in [4.78, 5) is 0. The van der Waals surface area contributed by atoms with Crippen LogP contribution in [0, 0.1) is 40.9 Å². The van der Waals surface area contributed by atoms with E-state index in [0.29, 0.717) is 5.57 Å². The number of aryl methyl sites for hydroxylation is 1. The maximum absolute atomic E-state index is 9.33. The van der Waals surface area contributed by atoms with Crippen LogP contribution in [-0.4, -0.2) is 0 Å². The Balaban J connectivity index is 2.66. The molecule has 0 bridgehead atoms. The van der Waals surface area contributed by atoms with Crippen molar-refractivity contribution in [1.82, 2.24) is 0 Å². The minimum absolute atomic E-state index is 0.0723. The molecule has 0 radical (unpaired) electrons. The monoisotopic (exact) mass is 275 g/mol. The van der Waals surface area contributed by atoms with E-state index < -0.39 is 5.60 Å². The molecule has 4 nitrogen and oxygen atoms in total. The Kier molecular flexibility index (Phi) is 3.53. The molecule has 2 rings (SSSR count). The highest BCUT2D eigenvalue weighted by molar-refractivity contribution is 5.58. The second-order valence-electron chi connectivity index (χ2n) is 5.04. The first-order valence-electron chi connectivity index (χ1n) is 6.40. The van der Waals surface area contributed by atoms with Gasteiger partial charge in [0.1, 0.15) is 18.2 Å². The smallest absolute Gasteiger partial charge is 0.172 e. The molecule has 0 amide bonds. The minimum Gasteiger partial charge on any atom is -0.475 e. The molecule has 21 heavy (non-hydrogen) atoms. The molecule has 1 aromatic carbocycles. The summed E-state index contributed by atoms with van der Waals surface area (Å²) in [7, 11) is 0. The molecular weight excluding hydrogens is 262 g/mol. The Hall–Kier alpha value is -3.03. The van der Waals surface area contributed by atoms with E-state index >= 15 is 0 Å². The normalized spacial score (nSPS) is 20.3. The van der Waals surface area contributed by atoms with E-state index in [0.717, 1.165) is 11.1 Å². The third-order valence-electron chi connectivity index (χ3n) is 3.79. The SMILES string of the molecule is CC1=C(C#N)C(=C(C#N)C#N)OC1(C)c1ccc(C)cc1. The average Bonchev–Trinajstić information content (AvgIpc) is 2.74. The van der Waals surface area contributed by atoms with Crippen LogP contribution >= 0.6 is 0 Å². The Labute approximate surface area is 123 Å². The number of nitriles is 3. The van der Waals surface area contributed by atoms with E-state index in [1.54, 1.807) is 19.1 Å². The minimum atomic E-state index is -0.840. The van der Waals surface area contributed by atoms with E-state index in [1.165, 1.54) is 0 Å². The zero-order valence-corrected chi connectivity index (χ0v) is 12.1. The summed E-state index contributed by atoms with van der Waals surface area (Å²) in [5.74, 6) is 0.0723. The average molecular weight is 275 g/mol. The van der Waals surface area contributed by atoms with Crippen LogP contribution in [0.25, 0.3) is 0 Å². The molecular formula is C17H13N3O. The molecule has 0 N–H and O–H groups in total. The fraction of sp³-hybridized carbons (Fsp3) is 0.235. The molecule has 0 saturated carbocycles. The first-order valence-corrected chi connectivity index (χ1v) is 6.40. The summed E-state index contributed by atoms with van der Waals surface area (Å²) in [5, 5.41) is 27.4. The maximum atomic E-state index is 9.33. The molecule has 1 aliphatic rings. The molecule has 1 unspecified atom stereocenters. The summed E-state index contributed by atoms with van der Waals surface area (Å²) in [6.45, 7) is 5.61. The first-order chi connectivity index (χ1) is 9.97. The van der Waals surface area contributed by atoms with E-state index in [4.69, 9.17) is 15.3 Å². The summed E-state index contributed by atoms with van der Waals surface area (Å²) in [5.41, 5.74) is 1.94. The van der Waals surface area contributed by atoms with Crippen molar-refractivity contribution in [2.75, 3.05) is 0 Å². The quantitative estimate of drug-likeness (QED) is 0.736. The molecule has 1 aliphatic heterocycles. The molecule has 4 heteroatoms. The molecule has 0 fully saturated rings. The van der Waals surface area contributed by atoms with Gasteiger partial charge in [-0.25, -0.2) is 0 Å². The highest BCUT2D eigenvalue weighted by Crippen LogP contribution is 2.45. The molecule has 0 aromatic heterocycles. The van der Waals surface area contributed by atoms with Crippen LogP contribution in [0.2, 0.25) is 0 Å². The second kappa shape index (κ2) is 5.16. The molecule has 0 saturated heterocycles. The maximum Gasteiger partial charge on any atom is 0.172 e. The van der Waals surface area contributed by atoms with Gasteiger partial charge in [0, 0.05) is 0 Å². The number of benzene rings is 1. The van der Waals surface area contributed by atoms with Crippen LogP contribution in [0.5, 0.6) is 0 Å². The molecule has 102 valence electrons. The number of hydrogen-bond acceptors (Lipinski definition) is 4. The van der Waals surface area contributed by atoms with Crippen molar-refractivity contribution >= 4 is 0 Å². The number of hydrogen-bond donors (Lipinski definition) is 0. The lowest BCUT2D eigenvalue weighted by Crippen LogP contribution is -2.22. The van der Waals surface area contributed by atoms with Crippen molar-refractivity contribution in [3.8, 4) is 18.2 Å². The Morgan fingerprint density at radius 3 is 2.10 bits per heavy atom. The molecule has 1 aromatic rings. The first kappa shape index (κ1) is 14.4. The van der Waals surface area contributed by atoms with Gasteiger partial charge in [0.2, 0.25) is 0 Å². The fourth-order valence-electron chi connectivity index (χ4n) is 2.32. The van der Waals surface area contributed by atoms with Gasteiger partial charge < -0.3 is 4.74 Å². The lowest BCUT2D eigenvalue weighted by atomic mass is 9.87. The summed E-state index contributed by atoms with van der Waals surface area (Å²) in [6, 6.07) is 13.4. The van der Waals surface area contributed by atoms with Crippen LogP contribution in [0.1, 0.15) is 25.0 Å². The van der Waals surface area contributed by atoms with Gasteiger partial charge in [0.25, 0.3) is 0 Å². The number of allylic oxidation sites excluding steroid dienone is 2. The number of rotatable bonds is 1. The van der Waals surface area contributed by atoms with Crippen LogP contribution in [-0.2, 0) is 10.3 Å². The topological polar surface area (TPSA) is 80.6 Å². The molecule has 0 spiro atoms. The van der Waals surface area contributed by atoms with Crippen molar-refractivity contribution in [1.29, 1.82) is 15.8 Å².